The van der Waals surface area contributed by atoms with Crippen molar-refractivity contribution in [2.75, 3.05) is 11.4 Å². The molecule has 0 bridgehead atoms. The molecule has 1 aromatic rings. The molecular weight excluding hydrogens is 222 g/mol. The zero-order valence-electron chi connectivity index (χ0n) is 10.3. The van der Waals surface area contributed by atoms with E-state index in [-0.39, 0.29) is 17.3 Å². The molecule has 1 atom stereocenters. The van der Waals surface area contributed by atoms with Crippen molar-refractivity contribution in [1.82, 2.24) is 0 Å². The zero-order valence-corrected chi connectivity index (χ0v) is 10.3. The smallest absolute Gasteiger partial charge is 0.150 e. The van der Waals surface area contributed by atoms with Crippen molar-refractivity contribution in [3.63, 3.8) is 0 Å². The molecule has 1 aromatic carbocycles. The SMILES string of the molecule is CCC(C)N(CC)c1c(F)cc(C#N)cc1F. The first-order chi connectivity index (χ1) is 8.04. The Morgan fingerprint density at radius 3 is 2.18 bits per heavy atom. The molecule has 0 saturated heterocycles. The summed E-state index contributed by atoms with van der Waals surface area (Å²) in [6.45, 7) is 6.26. The highest BCUT2D eigenvalue weighted by molar-refractivity contribution is 5.53. The third kappa shape index (κ3) is 2.73. The monoisotopic (exact) mass is 238 g/mol. The van der Waals surface area contributed by atoms with Gasteiger partial charge in [-0.2, -0.15) is 5.26 Å². The molecule has 1 rings (SSSR count). The minimum atomic E-state index is -0.677. The third-order valence-corrected chi connectivity index (χ3v) is 2.90. The summed E-state index contributed by atoms with van der Waals surface area (Å²) in [6, 6.07) is 3.94. The molecule has 0 radical (unpaired) electrons. The van der Waals surface area contributed by atoms with Crippen LogP contribution in [0.25, 0.3) is 0 Å². The number of anilines is 1. The first-order valence-electron chi connectivity index (χ1n) is 5.70. The number of nitrogens with zero attached hydrogens (tertiary/aromatic N) is 2. The van der Waals surface area contributed by atoms with Crippen LogP contribution in [0.2, 0.25) is 0 Å². The molecular formula is C13H16F2N2. The second-order valence-electron chi connectivity index (χ2n) is 3.94. The van der Waals surface area contributed by atoms with Gasteiger partial charge in [0, 0.05) is 12.6 Å². The van der Waals surface area contributed by atoms with Gasteiger partial charge in [-0.3, -0.25) is 0 Å². The topological polar surface area (TPSA) is 27.0 Å². The van der Waals surface area contributed by atoms with E-state index in [1.807, 2.05) is 20.8 Å². The maximum Gasteiger partial charge on any atom is 0.150 e. The highest BCUT2D eigenvalue weighted by Gasteiger charge is 2.20. The molecule has 0 heterocycles. The normalized spacial score (nSPS) is 12.0. The van der Waals surface area contributed by atoms with Gasteiger partial charge in [0.25, 0.3) is 0 Å². The summed E-state index contributed by atoms with van der Waals surface area (Å²) in [5, 5.41) is 8.63. The fourth-order valence-corrected chi connectivity index (χ4v) is 1.82. The minimum Gasteiger partial charge on any atom is -0.364 e. The van der Waals surface area contributed by atoms with E-state index in [0.717, 1.165) is 18.6 Å². The van der Waals surface area contributed by atoms with Gasteiger partial charge < -0.3 is 4.90 Å². The number of benzene rings is 1. The van der Waals surface area contributed by atoms with Crippen molar-refractivity contribution >= 4 is 5.69 Å². The number of halogens is 2. The van der Waals surface area contributed by atoms with Crippen molar-refractivity contribution < 1.29 is 8.78 Å². The maximum atomic E-state index is 13.8. The average Bonchev–Trinajstić information content (AvgIpc) is 2.32. The summed E-state index contributed by atoms with van der Waals surface area (Å²) >= 11 is 0. The predicted molar refractivity (Wildman–Crippen MR) is 63.8 cm³/mol. The van der Waals surface area contributed by atoms with Crippen molar-refractivity contribution in [2.24, 2.45) is 0 Å². The minimum absolute atomic E-state index is 0.00366. The van der Waals surface area contributed by atoms with Crippen LogP contribution >= 0.6 is 0 Å². The van der Waals surface area contributed by atoms with E-state index in [2.05, 4.69) is 0 Å². The van der Waals surface area contributed by atoms with Crippen LogP contribution in [0.15, 0.2) is 12.1 Å². The van der Waals surface area contributed by atoms with Gasteiger partial charge in [-0.05, 0) is 32.4 Å². The fourth-order valence-electron chi connectivity index (χ4n) is 1.82. The lowest BCUT2D eigenvalue weighted by Gasteiger charge is -2.30. The van der Waals surface area contributed by atoms with Gasteiger partial charge in [0.05, 0.1) is 11.6 Å². The van der Waals surface area contributed by atoms with Crippen LogP contribution in [0.4, 0.5) is 14.5 Å². The standard InChI is InChI=1S/C13H16F2N2/c1-4-9(3)17(5-2)13-11(14)6-10(8-16)7-12(13)15/h6-7,9H,4-5H2,1-3H3. The Hall–Kier alpha value is -1.63. The first-order valence-corrected chi connectivity index (χ1v) is 5.70. The number of rotatable bonds is 4. The largest absolute Gasteiger partial charge is 0.364 e. The molecule has 0 aliphatic heterocycles. The quantitative estimate of drug-likeness (QED) is 0.803. The molecule has 4 heteroatoms. The van der Waals surface area contributed by atoms with Crippen molar-refractivity contribution in [1.29, 1.82) is 5.26 Å². The Labute approximate surface area is 100 Å². The molecule has 0 spiro atoms. The van der Waals surface area contributed by atoms with Gasteiger partial charge in [-0.25, -0.2) is 8.78 Å². The molecule has 92 valence electrons. The highest BCUT2D eigenvalue weighted by Crippen LogP contribution is 2.27. The highest BCUT2D eigenvalue weighted by atomic mass is 19.1. The predicted octanol–water partition coefficient (Wildman–Crippen LogP) is 3.46. The summed E-state index contributed by atoms with van der Waals surface area (Å²) in [5.41, 5.74) is -0.0372. The number of hydrogen-bond donors (Lipinski definition) is 0. The van der Waals surface area contributed by atoms with Crippen LogP contribution in [0.1, 0.15) is 32.8 Å². The van der Waals surface area contributed by atoms with E-state index in [1.54, 1.807) is 11.0 Å². The Kier molecular flexibility index (Phi) is 4.45. The third-order valence-electron chi connectivity index (χ3n) is 2.90. The molecule has 0 aliphatic rings. The van der Waals surface area contributed by atoms with Gasteiger partial charge in [0.1, 0.15) is 5.69 Å². The average molecular weight is 238 g/mol. The first kappa shape index (κ1) is 13.4. The van der Waals surface area contributed by atoms with Crippen LogP contribution in [-0.4, -0.2) is 12.6 Å². The summed E-state index contributed by atoms with van der Waals surface area (Å²) in [7, 11) is 0. The van der Waals surface area contributed by atoms with Crippen molar-refractivity contribution in [3.05, 3.63) is 29.3 Å². The van der Waals surface area contributed by atoms with E-state index >= 15 is 0 Å². The molecule has 17 heavy (non-hydrogen) atoms. The van der Waals surface area contributed by atoms with Crippen LogP contribution in [0.3, 0.4) is 0 Å². The van der Waals surface area contributed by atoms with Crippen LogP contribution in [-0.2, 0) is 0 Å². The van der Waals surface area contributed by atoms with Gasteiger partial charge in [0.15, 0.2) is 11.6 Å². The summed E-state index contributed by atoms with van der Waals surface area (Å²) in [4.78, 5) is 1.67. The molecule has 0 amide bonds. The lowest BCUT2D eigenvalue weighted by Crippen LogP contribution is -2.33. The summed E-state index contributed by atoms with van der Waals surface area (Å²) in [5.74, 6) is -1.35. The lowest BCUT2D eigenvalue weighted by molar-refractivity contribution is 0.544. The number of nitriles is 1. The van der Waals surface area contributed by atoms with E-state index < -0.39 is 11.6 Å². The Morgan fingerprint density at radius 1 is 1.29 bits per heavy atom. The molecule has 2 nitrogen and oxygen atoms in total. The Morgan fingerprint density at radius 2 is 1.82 bits per heavy atom. The fraction of sp³-hybridized carbons (Fsp3) is 0.462. The Bertz CT molecular complexity index is 415. The molecule has 0 aromatic heterocycles. The van der Waals surface area contributed by atoms with E-state index in [9.17, 15) is 8.78 Å². The van der Waals surface area contributed by atoms with Gasteiger partial charge in [0.2, 0.25) is 0 Å². The van der Waals surface area contributed by atoms with Crippen LogP contribution in [0.5, 0.6) is 0 Å². The van der Waals surface area contributed by atoms with Crippen molar-refractivity contribution in [3.8, 4) is 6.07 Å². The van der Waals surface area contributed by atoms with Gasteiger partial charge in [-0.1, -0.05) is 6.92 Å². The molecule has 0 aliphatic carbocycles. The molecule has 0 saturated carbocycles. The second-order valence-corrected chi connectivity index (χ2v) is 3.94. The van der Waals surface area contributed by atoms with E-state index in [4.69, 9.17) is 5.26 Å². The van der Waals surface area contributed by atoms with Crippen LogP contribution < -0.4 is 4.90 Å². The molecule has 1 unspecified atom stereocenters. The molecule has 0 N–H and O–H groups in total. The molecule has 0 fully saturated rings. The number of hydrogen-bond acceptors (Lipinski definition) is 2. The second kappa shape index (κ2) is 5.62. The Balaban J connectivity index is 3.26. The summed E-state index contributed by atoms with van der Waals surface area (Å²) < 4.78 is 27.6. The van der Waals surface area contributed by atoms with Gasteiger partial charge in [-0.15, -0.1) is 0 Å². The lowest BCUT2D eigenvalue weighted by atomic mass is 10.1. The van der Waals surface area contributed by atoms with Crippen molar-refractivity contribution in [2.45, 2.75) is 33.2 Å². The van der Waals surface area contributed by atoms with Gasteiger partial charge >= 0.3 is 0 Å². The zero-order chi connectivity index (χ0) is 13.0. The maximum absolute atomic E-state index is 13.8. The van der Waals surface area contributed by atoms with E-state index in [0.29, 0.717) is 6.54 Å². The summed E-state index contributed by atoms with van der Waals surface area (Å²) in [6.07, 6.45) is 0.798. The van der Waals surface area contributed by atoms with E-state index in [1.165, 1.54) is 0 Å². The van der Waals surface area contributed by atoms with Crippen LogP contribution in [0, 0.1) is 23.0 Å².